The third-order valence-electron chi connectivity index (χ3n) is 4.90. The van der Waals surface area contributed by atoms with Crippen LogP contribution in [0, 0.1) is 0 Å². The molecule has 0 radical (unpaired) electrons. The summed E-state index contributed by atoms with van der Waals surface area (Å²) in [7, 11) is 0. The Hall–Kier alpha value is -2.14. The molecular weight excluding hydrogens is 394 g/mol. The van der Waals surface area contributed by atoms with Gasteiger partial charge >= 0.3 is 5.97 Å². The van der Waals surface area contributed by atoms with E-state index in [1.54, 1.807) is 6.92 Å². The second-order valence-corrected chi connectivity index (χ2v) is 7.56. The molecule has 0 N–H and O–H groups in total. The van der Waals surface area contributed by atoms with Crippen LogP contribution in [0.15, 0.2) is 45.5 Å². The number of ether oxygens (including phenoxy) is 1. The molecule has 4 nitrogen and oxygen atoms in total. The second-order valence-electron chi connectivity index (χ2n) is 6.65. The Morgan fingerprint density at radius 3 is 2.85 bits per heavy atom. The van der Waals surface area contributed by atoms with Crippen molar-refractivity contribution in [1.82, 2.24) is 0 Å². The van der Waals surface area contributed by atoms with Gasteiger partial charge in [-0.05, 0) is 56.4 Å². The normalized spacial score (nSPS) is 13.6. The molecule has 2 aromatic heterocycles. The molecule has 1 aromatic carbocycles. The van der Waals surface area contributed by atoms with Gasteiger partial charge in [0.2, 0.25) is 5.76 Å². The predicted molar refractivity (Wildman–Crippen MR) is 102 cm³/mol. The standard InChI is InChI=1S/C21H21BrNO3/c1-2-25-21(24)20-18(17-11-16(22)7-8-19(17)26-20)13-23-10-9-14-5-3-4-6-15(14)12-23/h7-12H,2-6,13H2,1H3/q+1. The molecule has 0 fully saturated rings. The average Bonchev–Trinajstić information content (AvgIpc) is 3.00. The first-order valence-electron chi connectivity index (χ1n) is 9.04. The molecule has 134 valence electrons. The highest BCUT2D eigenvalue weighted by molar-refractivity contribution is 9.10. The molecule has 3 aromatic rings. The van der Waals surface area contributed by atoms with E-state index in [9.17, 15) is 4.79 Å². The van der Waals surface area contributed by atoms with Crippen molar-refractivity contribution in [2.75, 3.05) is 6.61 Å². The molecule has 1 aliphatic carbocycles. The number of aromatic nitrogens is 1. The fourth-order valence-electron chi connectivity index (χ4n) is 3.64. The number of halogens is 1. The summed E-state index contributed by atoms with van der Waals surface area (Å²) < 4.78 is 14.1. The number of furan rings is 1. The third kappa shape index (κ3) is 3.28. The Morgan fingerprint density at radius 2 is 2.04 bits per heavy atom. The highest BCUT2D eigenvalue weighted by Crippen LogP contribution is 2.29. The van der Waals surface area contributed by atoms with Crippen LogP contribution >= 0.6 is 15.9 Å². The molecule has 1 aliphatic rings. The van der Waals surface area contributed by atoms with Gasteiger partial charge in [-0.2, -0.15) is 0 Å². The summed E-state index contributed by atoms with van der Waals surface area (Å²) in [5.74, 6) is -0.112. The lowest BCUT2D eigenvalue weighted by atomic mass is 9.93. The maximum atomic E-state index is 12.4. The van der Waals surface area contributed by atoms with Crippen molar-refractivity contribution in [1.29, 1.82) is 0 Å². The lowest BCUT2D eigenvalue weighted by molar-refractivity contribution is -0.688. The van der Waals surface area contributed by atoms with Crippen LogP contribution in [-0.2, 0) is 24.1 Å². The average molecular weight is 415 g/mol. The van der Waals surface area contributed by atoms with Gasteiger partial charge in [0.1, 0.15) is 5.58 Å². The summed E-state index contributed by atoms with van der Waals surface area (Å²) in [4.78, 5) is 12.4. The number of hydrogen-bond donors (Lipinski definition) is 0. The van der Waals surface area contributed by atoms with Gasteiger partial charge < -0.3 is 9.15 Å². The van der Waals surface area contributed by atoms with Crippen LogP contribution in [0.2, 0.25) is 0 Å². The van der Waals surface area contributed by atoms with Crippen molar-refractivity contribution in [2.24, 2.45) is 0 Å². The van der Waals surface area contributed by atoms with Gasteiger partial charge in [-0.3, -0.25) is 0 Å². The Bertz CT molecular complexity index is 977. The zero-order valence-corrected chi connectivity index (χ0v) is 16.3. The molecule has 0 saturated carbocycles. The molecule has 26 heavy (non-hydrogen) atoms. The molecular formula is C21H21BrNO3+. The molecule has 0 bridgehead atoms. The minimum Gasteiger partial charge on any atom is -0.460 e. The number of nitrogens with zero attached hydrogens (tertiary/aromatic N) is 1. The smallest absolute Gasteiger partial charge is 0.374 e. The highest BCUT2D eigenvalue weighted by Gasteiger charge is 2.25. The Balaban J connectivity index is 1.78. The molecule has 0 spiro atoms. The van der Waals surface area contributed by atoms with Crippen LogP contribution in [0.5, 0.6) is 0 Å². The van der Waals surface area contributed by atoms with E-state index in [0.717, 1.165) is 28.3 Å². The van der Waals surface area contributed by atoms with Gasteiger partial charge in [-0.15, -0.1) is 0 Å². The summed E-state index contributed by atoms with van der Waals surface area (Å²) in [6, 6.07) is 7.99. The molecule has 0 atom stereocenters. The van der Waals surface area contributed by atoms with E-state index in [1.165, 1.54) is 24.0 Å². The zero-order valence-electron chi connectivity index (χ0n) is 14.8. The number of fused-ring (bicyclic) bond motifs is 2. The molecule has 5 heteroatoms. The highest BCUT2D eigenvalue weighted by atomic mass is 79.9. The van der Waals surface area contributed by atoms with Crippen molar-refractivity contribution in [3.8, 4) is 0 Å². The second kappa shape index (κ2) is 7.23. The number of benzene rings is 1. The van der Waals surface area contributed by atoms with Crippen molar-refractivity contribution in [2.45, 2.75) is 39.2 Å². The van der Waals surface area contributed by atoms with Crippen LogP contribution in [0.25, 0.3) is 11.0 Å². The molecule has 2 heterocycles. The largest absolute Gasteiger partial charge is 0.460 e. The number of pyridine rings is 1. The summed E-state index contributed by atoms with van der Waals surface area (Å²) in [6.07, 6.45) is 9.09. The summed E-state index contributed by atoms with van der Waals surface area (Å²) in [5, 5.41) is 0.938. The van der Waals surface area contributed by atoms with Gasteiger partial charge in [-0.1, -0.05) is 15.9 Å². The monoisotopic (exact) mass is 414 g/mol. The van der Waals surface area contributed by atoms with Gasteiger partial charge in [0.15, 0.2) is 18.9 Å². The SMILES string of the molecule is CCOC(=O)c1oc2ccc(Br)cc2c1C[n+]1ccc2c(c1)CCCC2. The minimum atomic E-state index is -0.409. The van der Waals surface area contributed by atoms with E-state index >= 15 is 0 Å². The molecule has 4 rings (SSSR count). The molecule has 0 unspecified atom stereocenters. The number of hydrogen-bond acceptors (Lipinski definition) is 3. The van der Waals surface area contributed by atoms with E-state index in [1.807, 2.05) is 18.2 Å². The van der Waals surface area contributed by atoms with Crippen LogP contribution in [0.1, 0.15) is 47.0 Å². The van der Waals surface area contributed by atoms with Crippen LogP contribution in [-0.4, -0.2) is 12.6 Å². The van der Waals surface area contributed by atoms with E-state index in [0.29, 0.717) is 24.5 Å². The van der Waals surface area contributed by atoms with Gasteiger partial charge in [-0.25, -0.2) is 9.36 Å². The van der Waals surface area contributed by atoms with Crippen LogP contribution in [0.3, 0.4) is 0 Å². The zero-order chi connectivity index (χ0) is 18.1. The topological polar surface area (TPSA) is 43.3 Å². The van der Waals surface area contributed by atoms with E-state index in [-0.39, 0.29) is 0 Å². The third-order valence-corrected chi connectivity index (χ3v) is 5.39. The molecule has 0 aliphatic heterocycles. The molecule has 0 saturated heterocycles. The lowest BCUT2D eigenvalue weighted by Gasteiger charge is -2.13. The Kier molecular flexibility index (Phi) is 4.81. The first-order chi connectivity index (χ1) is 12.7. The lowest BCUT2D eigenvalue weighted by Crippen LogP contribution is -2.35. The first-order valence-corrected chi connectivity index (χ1v) is 9.84. The Morgan fingerprint density at radius 1 is 1.23 bits per heavy atom. The van der Waals surface area contributed by atoms with Gasteiger partial charge in [0.25, 0.3) is 0 Å². The Labute approximate surface area is 160 Å². The maximum absolute atomic E-state index is 12.4. The van der Waals surface area contributed by atoms with Gasteiger partial charge in [0.05, 0.1) is 12.2 Å². The summed E-state index contributed by atoms with van der Waals surface area (Å²) in [5.41, 5.74) is 4.41. The fraction of sp³-hybridized carbons (Fsp3) is 0.333. The van der Waals surface area contributed by atoms with Crippen molar-refractivity contribution in [3.05, 3.63) is 63.6 Å². The van der Waals surface area contributed by atoms with Crippen molar-refractivity contribution < 1.29 is 18.5 Å². The number of esters is 1. The summed E-state index contributed by atoms with van der Waals surface area (Å²) >= 11 is 3.51. The van der Waals surface area contributed by atoms with Gasteiger partial charge in [0, 0.05) is 21.5 Å². The fourth-order valence-corrected chi connectivity index (χ4v) is 4.00. The van der Waals surface area contributed by atoms with E-state index in [4.69, 9.17) is 9.15 Å². The summed E-state index contributed by atoms with van der Waals surface area (Å²) in [6.45, 7) is 2.70. The van der Waals surface area contributed by atoms with Crippen molar-refractivity contribution in [3.63, 3.8) is 0 Å². The number of aryl methyl sites for hydroxylation is 2. The van der Waals surface area contributed by atoms with Crippen LogP contribution in [0.4, 0.5) is 0 Å². The van der Waals surface area contributed by atoms with E-state index < -0.39 is 5.97 Å². The predicted octanol–water partition coefficient (Wildman–Crippen LogP) is 4.59. The van der Waals surface area contributed by atoms with E-state index in [2.05, 4.69) is 39.0 Å². The number of carbonyl (C=O) groups excluding carboxylic acids is 1. The maximum Gasteiger partial charge on any atom is 0.374 e. The van der Waals surface area contributed by atoms with Crippen LogP contribution < -0.4 is 4.57 Å². The minimum absolute atomic E-state index is 0.296. The molecule has 0 amide bonds. The van der Waals surface area contributed by atoms with Crippen molar-refractivity contribution >= 4 is 32.9 Å². The number of rotatable bonds is 4. The first kappa shape index (κ1) is 17.3. The number of carbonyl (C=O) groups is 1. The quantitative estimate of drug-likeness (QED) is 0.463.